The average molecular weight is 126 g/mol. The molecule has 0 aromatic heterocycles. The van der Waals surface area contributed by atoms with Crippen molar-refractivity contribution in [1.29, 1.82) is 0 Å². The molecule has 0 aromatic carbocycles. The molecule has 2 nitrogen and oxygen atoms in total. The highest BCUT2D eigenvalue weighted by atomic mass is 16.5. The number of Topliss-reactive ketones (excluding diaryl/α,β-unsaturated/α-hetero) is 1. The van der Waals surface area contributed by atoms with Crippen LogP contribution < -0.4 is 0 Å². The minimum absolute atomic E-state index is 0.0995. The van der Waals surface area contributed by atoms with Gasteiger partial charge in [-0.05, 0) is 6.42 Å². The summed E-state index contributed by atoms with van der Waals surface area (Å²) in [4.78, 5) is 10.8. The summed E-state index contributed by atoms with van der Waals surface area (Å²) in [6.07, 6.45) is 2.52. The van der Waals surface area contributed by atoms with Gasteiger partial charge in [-0.25, -0.2) is 0 Å². The quantitative estimate of drug-likeness (QED) is 0.511. The maximum atomic E-state index is 10.8. The first-order valence-electron chi connectivity index (χ1n) is 3.06. The van der Waals surface area contributed by atoms with Crippen molar-refractivity contribution in [3.05, 3.63) is 12.7 Å². The molecule has 1 saturated heterocycles. The van der Waals surface area contributed by atoms with Gasteiger partial charge in [-0.3, -0.25) is 4.79 Å². The maximum Gasteiger partial charge on any atom is 0.164 e. The van der Waals surface area contributed by atoms with Gasteiger partial charge in [0.25, 0.3) is 0 Å². The SMILES string of the molecule is C=CC[C@H]1COCC1=O. The second-order valence-electron chi connectivity index (χ2n) is 2.20. The summed E-state index contributed by atoms with van der Waals surface area (Å²) in [5, 5.41) is 0. The fourth-order valence-electron chi connectivity index (χ4n) is 0.913. The Bertz CT molecular complexity index is 129. The molecule has 1 fully saturated rings. The standard InChI is InChI=1S/C7H10O2/c1-2-3-6-4-9-5-7(6)8/h2,6H,1,3-5H2/t6-/m0/s1. The molecule has 1 aliphatic heterocycles. The van der Waals surface area contributed by atoms with E-state index in [1.54, 1.807) is 6.08 Å². The fraction of sp³-hybridized carbons (Fsp3) is 0.571. The van der Waals surface area contributed by atoms with E-state index in [2.05, 4.69) is 6.58 Å². The van der Waals surface area contributed by atoms with Crippen LogP contribution in [0.1, 0.15) is 6.42 Å². The van der Waals surface area contributed by atoms with Crippen LogP contribution >= 0.6 is 0 Å². The lowest BCUT2D eigenvalue weighted by atomic mass is 10.0. The van der Waals surface area contributed by atoms with Gasteiger partial charge in [-0.2, -0.15) is 0 Å². The molecule has 1 rings (SSSR count). The van der Waals surface area contributed by atoms with Crippen molar-refractivity contribution in [3.8, 4) is 0 Å². The van der Waals surface area contributed by atoms with Crippen molar-refractivity contribution in [1.82, 2.24) is 0 Å². The minimum Gasteiger partial charge on any atom is -0.373 e. The topological polar surface area (TPSA) is 26.3 Å². The van der Waals surface area contributed by atoms with Crippen LogP contribution in [0.4, 0.5) is 0 Å². The van der Waals surface area contributed by atoms with E-state index in [0.29, 0.717) is 13.2 Å². The molecule has 0 unspecified atom stereocenters. The lowest BCUT2D eigenvalue weighted by Gasteiger charge is -1.97. The van der Waals surface area contributed by atoms with Crippen LogP contribution in [0.5, 0.6) is 0 Å². The maximum absolute atomic E-state index is 10.8. The van der Waals surface area contributed by atoms with Gasteiger partial charge < -0.3 is 4.74 Å². The van der Waals surface area contributed by atoms with Gasteiger partial charge in [0.2, 0.25) is 0 Å². The minimum atomic E-state index is 0.0995. The van der Waals surface area contributed by atoms with Crippen LogP contribution in [0.3, 0.4) is 0 Å². The molecule has 1 atom stereocenters. The third-order valence-electron chi connectivity index (χ3n) is 1.47. The predicted octanol–water partition coefficient (Wildman–Crippen LogP) is 0.778. The third kappa shape index (κ3) is 1.39. The van der Waals surface area contributed by atoms with E-state index in [-0.39, 0.29) is 11.7 Å². The lowest BCUT2D eigenvalue weighted by molar-refractivity contribution is -0.120. The molecule has 0 saturated carbocycles. The van der Waals surface area contributed by atoms with E-state index >= 15 is 0 Å². The van der Waals surface area contributed by atoms with Crippen molar-refractivity contribution < 1.29 is 9.53 Å². The molecule has 0 aromatic rings. The molecule has 1 heterocycles. The average Bonchev–Trinajstić information content (AvgIpc) is 2.18. The van der Waals surface area contributed by atoms with Crippen LogP contribution in [-0.2, 0) is 9.53 Å². The van der Waals surface area contributed by atoms with Crippen LogP contribution in [0.25, 0.3) is 0 Å². The van der Waals surface area contributed by atoms with Crippen LogP contribution in [0.15, 0.2) is 12.7 Å². The Balaban J connectivity index is 2.39. The van der Waals surface area contributed by atoms with Gasteiger partial charge in [-0.1, -0.05) is 6.08 Å². The van der Waals surface area contributed by atoms with Crippen molar-refractivity contribution >= 4 is 5.78 Å². The number of ether oxygens (including phenoxy) is 1. The zero-order chi connectivity index (χ0) is 6.69. The van der Waals surface area contributed by atoms with Gasteiger partial charge in [-0.15, -0.1) is 6.58 Å². The van der Waals surface area contributed by atoms with E-state index in [1.807, 2.05) is 0 Å². The van der Waals surface area contributed by atoms with E-state index in [0.717, 1.165) is 6.42 Å². The number of allylic oxidation sites excluding steroid dienone is 1. The molecule has 0 spiro atoms. The van der Waals surface area contributed by atoms with E-state index in [9.17, 15) is 4.79 Å². The molecule has 0 radical (unpaired) electrons. The van der Waals surface area contributed by atoms with Crippen molar-refractivity contribution in [2.24, 2.45) is 5.92 Å². The molecule has 0 N–H and O–H groups in total. The highest BCUT2D eigenvalue weighted by Gasteiger charge is 2.23. The summed E-state index contributed by atoms with van der Waals surface area (Å²) in [5.74, 6) is 0.317. The molecule has 2 heteroatoms. The van der Waals surface area contributed by atoms with Gasteiger partial charge in [0.05, 0.1) is 6.61 Å². The zero-order valence-electron chi connectivity index (χ0n) is 5.30. The number of hydrogen-bond donors (Lipinski definition) is 0. The van der Waals surface area contributed by atoms with Crippen molar-refractivity contribution in [2.45, 2.75) is 6.42 Å². The number of hydrogen-bond acceptors (Lipinski definition) is 2. The smallest absolute Gasteiger partial charge is 0.164 e. The second-order valence-corrected chi connectivity index (χ2v) is 2.20. The lowest BCUT2D eigenvalue weighted by Crippen LogP contribution is -2.09. The van der Waals surface area contributed by atoms with E-state index in [1.165, 1.54) is 0 Å². The van der Waals surface area contributed by atoms with Crippen molar-refractivity contribution in [3.63, 3.8) is 0 Å². The zero-order valence-corrected chi connectivity index (χ0v) is 5.30. The fourth-order valence-corrected chi connectivity index (χ4v) is 0.913. The van der Waals surface area contributed by atoms with E-state index < -0.39 is 0 Å². The first kappa shape index (κ1) is 6.49. The molecule has 1 aliphatic rings. The summed E-state index contributed by atoms with van der Waals surface area (Å²) in [7, 11) is 0. The molecule has 50 valence electrons. The monoisotopic (exact) mass is 126 g/mol. The Labute approximate surface area is 54.5 Å². The summed E-state index contributed by atoms with van der Waals surface area (Å²) in [5.41, 5.74) is 0. The Hall–Kier alpha value is -0.630. The highest BCUT2D eigenvalue weighted by molar-refractivity contribution is 5.83. The normalized spacial score (nSPS) is 26.7. The van der Waals surface area contributed by atoms with Crippen molar-refractivity contribution in [2.75, 3.05) is 13.2 Å². The first-order chi connectivity index (χ1) is 4.34. The van der Waals surface area contributed by atoms with Crippen LogP contribution in [-0.4, -0.2) is 19.0 Å². The highest BCUT2D eigenvalue weighted by Crippen LogP contribution is 2.12. The van der Waals surface area contributed by atoms with Crippen LogP contribution in [0.2, 0.25) is 0 Å². The Morgan fingerprint density at radius 2 is 2.67 bits per heavy atom. The number of rotatable bonds is 2. The number of carbonyl (C=O) groups excluding carboxylic acids is 1. The molecule has 0 amide bonds. The Morgan fingerprint density at radius 1 is 1.89 bits per heavy atom. The van der Waals surface area contributed by atoms with Gasteiger partial charge in [0, 0.05) is 5.92 Å². The summed E-state index contributed by atoms with van der Waals surface area (Å²) in [6.45, 7) is 4.44. The van der Waals surface area contributed by atoms with Gasteiger partial charge in [0.15, 0.2) is 5.78 Å². The van der Waals surface area contributed by atoms with Gasteiger partial charge >= 0.3 is 0 Å². The first-order valence-corrected chi connectivity index (χ1v) is 3.06. The van der Waals surface area contributed by atoms with Crippen LogP contribution in [0, 0.1) is 5.92 Å². The molecular weight excluding hydrogens is 116 g/mol. The molecule has 9 heavy (non-hydrogen) atoms. The molecular formula is C7H10O2. The van der Waals surface area contributed by atoms with Gasteiger partial charge in [0.1, 0.15) is 6.61 Å². The molecule has 0 bridgehead atoms. The summed E-state index contributed by atoms with van der Waals surface area (Å²) >= 11 is 0. The third-order valence-corrected chi connectivity index (χ3v) is 1.47. The second kappa shape index (κ2) is 2.78. The largest absolute Gasteiger partial charge is 0.373 e. The Morgan fingerprint density at radius 3 is 3.11 bits per heavy atom. The number of ketones is 1. The summed E-state index contributed by atoms with van der Waals surface area (Å²) in [6, 6.07) is 0. The number of carbonyl (C=O) groups is 1. The Kier molecular flexibility index (Phi) is 2.01. The van der Waals surface area contributed by atoms with E-state index in [4.69, 9.17) is 4.74 Å². The summed E-state index contributed by atoms with van der Waals surface area (Å²) < 4.78 is 4.92. The predicted molar refractivity (Wildman–Crippen MR) is 34.1 cm³/mol. The molecule has 0 aliphatic carbocycles.